The zero-order valence-electron chi connectivity index (χ0n) is 12.5. The minimum absolute atomic E-state index is 0.138. The molecule has 1 aromatic rings. The molecule has 0 aliphatic carbocycles. The highest BCUT2D eigenvalue weighted by atomic mass is 35.5. The van der Waals surface area contributed by atoms with E-state index < -0.39 is 0 Å². The molecule has 0 radical (unpaired) electrons. The van der Waals surface area contributed by atoms with E-state index >= 15 is 0 Å². The molecule has 0 saturated heterocycles. The number of nitrogen functional groups attached to an aromatic ring is 1. The van der Waals surface area contributed by atoms with E-state index in [4.69, 9.17) is 28.1 Å². The van der Waals surface area contributed by atoms with E-state index in [1.165, 1.54) is 5.01 Å². The topological polar surface area (TPSA) is 115 Å². The summed E-state index contributed by atoms with van der Waals surface area (Å²) >= 11 is 6.09. The number of halogens is 1. The summed E-state index contributed by atoms with van der Waals surface area (Å²) in [6.45, 7) is 8.19. The molecule has 116 valence electrons. The number of hydrogen-bond donors (Lipinski definition) is 3. The third-order valence-electron chi connectivity index (χ3n) is 3.09. The van der Waals surface area contributed by atoms with Crippen LogP contribution in [0.5, 0.6) is 0 Å². The summed E-state index contributed by atoms with van der Waals surface area (Å²) < 4.78 is 0. The molecular weight excluding hydrogens is 294 g/mol. The zero-order chi connectivity index (χ0) is 15.8. The van der Waals surface area contributed by atoms with E-state index in [1.54, 1.807) is 0 Å². The number of nitrogens with zero attached hydrogens (tertiary/aromatic N) is 4. The molecule has 0 spiro atoms. The molecule has 1 aliphatic rings. The normalized spacial score (nSPS) is 18.4. The second-order valence-electron chi connectivity index (χ2n) is 5.97. The van der Waals surface area contributed by atoms with Crippen molar-refractivity contribution in [3.8, 4) is 0 Å². The zero-order valence-corrected chi connectivity index (χ0v) is 13.3. The molecule has 0 aromatic carbocycles. The summed E-state index contributed by atoms with van der Waals surface area (Å²) in [6, 6.07) is -0.138. The number of nitrogens with one attached hydrogen (secondary N) is 1. The summed E-state index contributed by atoms with van der Waals surface area (Å²) in [4.78, 5) is 13.5. The van der Waals surface area contributed by atoms with Crippen molar-refractivity contribution in [2.24, 2.45) is 11.0 Å². The van der Waals surface area contributed by atoms with Gasteiger partial charge in [0.05, 0.1) is 12.3 Å². The van der Waals surface area contributed by atoms with Crippen molar-refractivity contribution in [2.45, 2.75) is 39.2 Å². The molecule has 1 aliphatic heterocycles. The van der Waals surface area contributed by atoms with Crippen molar-refractivity contribution >= 4 is 28.8 Å². The largest absolute Gasteiger partial charge is 0.393 e. The first-order chi connectivity index (χ1) is 9.70. The van der Waals surface area contributed by atoms with Gasteiger partial charge in [-0.25, -0.2) is 15.8 Å². The van der Waals surface area contributed by atoms with Crippen LogP contribution in [0.4, 0.5) is 11.5 Å². The number of anilines is 2. The van der Waals surface area contributed by atoms with Crippen LogP contribution in [0.2, 0.25) is 5.15 Å². The van der Waals surface area contributed by atoms with Gasteiger partial charge in [0.15, 0.2) is 11.0 Å². The van der Waals surface area contributed by atoms with Crippen molar-refractivity contribution in [3.63, 3.8) is 0 Å². The van der Waals surface area contributed by atoms with Gasteiger partial charge in [-0.2, -0.15) is 0 Å². The second kappa shape index (κ2) is 5.63. The van der Waals surface area contributed by atoms with Gasteiger partial charge in [-0.15, -0.1) is 5.48 Å². The van der Waals surface area contributed by atoms with Crippen molar-refractivity contribution in [1.82, 2.24) is 15.4 Å². The monoisotopic (exact) mass is 313 g/mol. The SMILES string of the molecule is CC1=NONC1CN(N)c1nc(C(C)(C)C)nc(Cl)c1N. The van der Waals surface area contributed by atoms with E-state index in [1.807, 2.05) is 27.7 Å². The first-order valence-electron chi connectivity index (χ1n) is 6.52. The maximum atomic E-state index is 6.09. The quantitative estimate of drug-likeness (QED) is 0.432. The van der Waals surface area contributed by atoms with Crippen molar-refractivity contribution in [3.05, 3.63) is 11.0 Å². The maximum Gasteiger partial charge on any atom is 0.171 e. The van der Waals surface area contributed by atoms with Gasteiger partial charge >= 0.3 is 0 Å². The van der Waals surface area contributed by atoms with Crippen molar-refractivity contribution in [2.75, 3.05) is 17.3 Å². The molecule has 21 heavy (non-hydrogen) atoms. The van der Waals surface area contributed by atoms with Gasteiger partial charge in [0, 0.05) is 5.41 Å². The second-order valence-corrected chi connectivity index (χ2v) is 6.33. The molecule has 1 atom stereocenters. The Balaban J connectivity index is 2.29. The summed E-state index contributed by atoms with van der Waals surface area (Å²) in [5.74, 6) is 7.04. The molecule has 1 unspecified atom stereocenters. The van der Waals surface area contributed by atoms with E-state index in [-0.39, 0.29) is 22.3 Å². The lowest BCUT2D eigenvalue weighted by molar-refractivity contribution is 0.0610. The maximum absolute atomic E-state index is 6.09. The highest BCUT2D eigenvalue weighted by Crippen LogP contribution is 2.29. The Hall–Kier alpha value is -1.64. The lowest BCUT2D eigenvalue weighted by atomic mass is 9.96. The molecule has 1 aromatic heterocycles. The standard InChI is InChI=1S/C12H20ClN7O/c1-6-7(19-21-18-6)5-20(15)10-8(14)9(13)16-11(17-10)12(2,3)4/h7,19H,5,14-15H2,1-4H3. The molecule has 5 N–H and O–H groups in total. The molecular formula is C12H20ClN7O. The van der Waals surface area contributed by atoms with Gasteiger partial charge in [-0.05, 0) is 6.92 Å². The Bertz CT molecular complexity index is 569. The van der Waals surface area contributed by atoms with E-state index in [9.17, 15) is 0 Å². The molecule has 9 heteroatoms. The first kappa shape index (κ1) is 15.7. The van der Waals surface area contributed by atoms with Crippen molar-refractivity contribution in [1.29, 1.82) is 0 Å². The summed E-state index contributed by atoms with van der Waals surface area (Å²) in [7, 11) is 0. The lowest BCUT2D eigenvalue weighted by Crippen LogP contribution is -2.45. The Morgan fingerprint density at radius 2 is 2.05 bits per heavy atom. The van der Waals surface area contributed by atoms with Crippen LogP contribution in [0, 0.1) is 0 Å². The number of rotatable bonds is 3. The molecule has 2 heterocycles. The smallest absolute Gasteiger partial charge is 0.171 e. The Kier molecular flexibility index (Phi) is 4.22. The fraction of sp³-hybridized carbons (Fsp3) is 0.583. The predicted molar refractivity (Wildman–Crippen MR) is 82.8 cm³/mol. The van der Waals surface area contributed by atoms with Crippen LogP contribution >= 0.6 is 11.6 Å². The number of aromatic nitrogens is 2. The highest BCUT2D eigenvalue weighted by molar-refractivity contribution is 6.32. The predicted octanol–water partition coefficient (Wildman–Crippen LogP) is 0.969. The fourth-order valence-corrected chi connectivity index (χ4v) is 1.91. The van der Waals surface area contributed by atoms with Crippen LogP contribution in [0.25, 0.3) is 0 Å². The summed E-state index contributed by atoms with van der Waals surface area (Å²) in [5, 5.41) is 5.41. The van der Waals surface area contributed by atoms with Crippen LogP contribution in [0.15, 0.2) is 5.16 Å². The average Bonchev–Trinajstić information content (AvgIpc) is 2.76. The number of hydrogen-bond acceptors (Lipinski definition) is 8. The van der Waals surface area contributed by atoms with E-state index in [2.05, 4.69) is 20.6 Å². The van der Waals surface area contributed by atoms with Crippen LogP contribution in [0.3, 0.4) is 0 Å². The summed E-state index contributed by atoms with van der Waals surface area (Å²) in [6.07, 6.45) is 0. The Morgan fingerprint density at radius 1 is 1.38 bits per heavy atom. The van der Waals surface area contributed by atoms with Crippen molar-refractivity contribution < 1.29 is 4.94 Å². The van der Waals surface area contributed by atoms with Gasteiger partial charge in [-0.1, -0.05) is 37.5 Å². The van der Waals surface area contributed by atoms with Gasteiger partial charge in [-0.3, -0.25) is 9.95 Å². The molecule has 0 bridgehead atoms. The third-order valence-corrected chi connectivity index (χ3v) is 3.38. The molecule has 8 nitrogen and oxygen atoms in total. The first-order valence-corrected chi connectivity index (χ1v) is 6.89. The number of hydroxylamine groups is 1. The van der Waals surface area contributed by atoms with E-state index in [0.29, 0.717) is 18.2 Å². The highest BCUT2D eigenvalue weighted by Gasteiger charge is 2.26. The molecule has 2 rings (SSSR count). The lowest BCUT2D eigenvalue weighted by Gasteiger charge is -2.25. The minimum Gasteiger partial charge on any atom is -0.393 e. The molecule has 0 fully saturated rings. The third kappa shape index (κ3) is 3.34. The van der Waals surface area contributed by atoms with Gasteiger partial charge in [0.1, 0.15) is 17.6 Å². The summed E-state index contributed by atoms with van der Waals surface area (Å²) in [5.41, 5.74) is 9.47. The van der Waals surface area contributed by atoms with Crippen LogP contribution in [-0.2, 0) is 10.4 Å². The van der Waals surface area contributed by atoms with Crippen LogP contribution in [-0.4, -0.2) is 28.3 Å². The number of oxime groups is 1. The Labute approximate surface area is 128 Å². The average molecular weight is 314 g/mol. The molecule has 0 amide bonds. The van der Waals surface area contributed by atoms with Crippen LogP contribution in [0.1, 0.15) is 33.5 Å². The van der Waals surface area contributed by atoms with Gasteiger partial charge < -0.3 is 5.73 Å². The van der Waals surface area contributed by atoms with Gasteiger partial charge in [0.2, 0.25) is 0 Å². The fourth-order valence-electron chi connectivity index (χ4n) is 1.75. The van der Waals surface area contributed by atoms with Gasteiger partial charge in [0.25, 0.3) is 0 Å². The number of nitrogens with two attached hydrogens (primary N) is 2. The molecule has 0 saturated carbocycles. The van der Waals surface area contributed by atoms with Crippen LogP contribution < -0.4 is 22.1 Å². The van der Waals surface area contributed by atoms with E-state index in [0.717, 1.165) is 5.71 Å². The number of hydrazine groups is 1. The minimum atomic E-state index is -0.265. The Morgan fingerprint density at radius 3 is 2.57 bits per heavy atom.